The van der Waals surface area contributed by atoms with E-state index in [0.29, 0.717) is 25.5 Å². The highest BCUT2D eigenvalue weighted by Crippen LogP contribution is 2.21. The first-order chi connectivity index (χ1) is 12.9. The summed E-state index contributed by atoms with van der Waals surface area (Å²) in [5.74, 6) is 2.26. The van der Waals surface area contributed by atoms with E-state index >= 15 is 0 Å². The minimum Gasteiger partial charge on any atom is -0.493 e. The molecule has 0 aliphatic rings. The molecule has 0 radical (unpaired) electrons. The third-order valence-electron chi connectivity index (χ3n) is 4.40. The Balaban J connectivity index is 1.66. The first kappa shape index (κ1) is 19.0. The maximum atomic E-state index is 12.7. The number of hydrogen-bond acceptors (Lipinski definition) is 3. The number of hydrogen-bond donors (Lipinski definition) is 1. The molecule has 0 fully saturated rings. The molecule has 1 aromatic heterocycles. The summed E-state index contributed by atoms with van der Waals surface area (Å²) in [6, 6.07) is 13.8. The number of benzene rings is 2. The first-order valence-electron chi connectivity index (χ1n) is 9.32. The number of ether oxygens (including phenoxy) is 1. The number of rotatable bonds is 7. The zero-order chi connectivity index (χ0) is 19.4. The van der Waals surface area contributed by atoms with Gasteiger partial charge >= 0.3 is 0 Å². The molecule has 0 aliphatic heterocycles. The van der Waals surface area contributed by atoms with E-state index in [1.165, 1.54) is 0 Å². The van der Waals surface area contributed by atoms with Crippen LogP contribution in [-0.2, 0) is 17.8 Å². The number of aromatic amines is 1. The lowest BCUT2D eigenvalue weighted by Gasteiger charge is -2.20. The fraction of sp³-hybridized carbons (Fsp3) is 0.364. The topological polar surface area (TPSA) is 58.2 Å². The average molecular weight is 365 g/mol. The Morgan fingerprint density at radius 1 is 1.22 bits per heavy atom. The molecule has 1 amide bonds. The van der Waals surface area contributed by atoms with E-state index in [4.69, 9.17) is 4.74 Å². The van der Waals surface area contributed by atoms with Gasteiger partial charge in [0.25, 0.3) is 0 Å². The predicted molar refractivity (Wildman–Crippen MR) is 108 cm³/mol. The van der Waals surface area contributed by atoms with Crippen molar-refractivity contribution < 1.29 is 9.53 Å². The molecule has 1 N–H and O–H groups in total. The van der Waals surface area contributed by atoms with E-state index in [0.717, 1.165) is 33.7 Å². The Labute approximate surface area is 160 Å². The number of carbonyl (C=O) groups excluding carboxylic acids is 1. The minimum absolute atomic E-state index is 0.0734. The Morgan fingerprint density at radius 2 is 2.00 bits per heavy atom. The third kappa shape index (κ3) is 4.88. The van der Waals surface area contributed by atoms with Crippen molar-refractivity contribution in [1.29, 1.82) is 0 Å². The average Bonchev–Trinajstić information content (AvgIpc) is 3.00. The van der Waals surface area contributed by atoms with Gasteiger partial charge in [-0.25, -0.2) is 4.98 Å². The normalized spacial score (nSPS) is 11.1. The molecular formula is C22H27N3O2. The number of aryl methyl sites for hydroxylation is 1. The number of likely N-dealkylation sites (N-methyl/N-ethyl adjacent to an activating group) is 1. The molecule has 0 saturated carbocycles. The first-order valence-corrected chi connectivity index (χ1v) is 9.32. The minimum atomic E-state index is 0.0734. The van der Waals surface area contributed by atoms with Crippen molar-refractivity contribution in [2.75, 3.05) is 13.7 Å². The summed E-state index contributed by atoms with van der Waals surface area (Å²) in [5, 5.41) is 0. The Bertz CT molecular complexity index is 930. The number of amides is 1. The molecule has 0 atom stereocenters. The van der Waals surface area contributed by atoms with Crippen LogP contribution in [0.5, 0.6) is 5.75 Å². The van der Waals surface area contributed by atoms with Gasteiger partial charge in [-0.2, -0.15) is 0 Å². The van der Waals surface area contributed by atoms with Crippen LogP contribution < -0.4 is 4.74 Å². The SMILES string of the molecule is Cc1nc2ccc(CC(=O)N(C)Cc3ccccc3OCC(C)C)cc2[nH]1. The second-order valence-electron chi connectivity index (χ2n) is 7.41. The molecule has 3 aromatic rings. The highest BCUT2D eigenvalue weighted by Gasteiger charge is 2.14. The van der Waals surface area contributed by atoms with Gasteiger partial charge in [0, 0.05) is 19.2 Å². The van der Waals surface area contributed by atoms with Crippen molar-refractivity contribution in [2.24, 2.45) is 5.92 Å². The summed E-state index contributed by atoms with van der Waals surface area (Å²) in [6.45, 7) is 7.36. The number of carbonyl (C=O) groups is 1. The monoisotopic (exact) mass is 365 g/mol. The molecule has 3 rings (SSSR count). The smallest absolute Gasteiger partial charge is 0.227 e. The van der Waals surface area contributed by atoms with Gasteiger partial charge in [0.1, 0.15) is 11.6 Å². The van der Waals surface area contributed by atoms with Gasteiger partial charge in [-0.3, -0.25) is 4.79 Å². The molecule has 0 spiro atoms. The number of fused-ring (bicyclic) bond motifs is 1. The van der Waals surface area contributed by atoms with Crippen molar-refractivity contribution in [3.63, 3.8) is 0 Å². The lowest BCUT2D eigenvalue weighted by molar-refractivity contribution is -0.129. The summed E-state index contributed by atoms with van der Waals surface area (Å²) in [5.41, 5.74) is 3.89. The van der Waals surface area contributed by atoms with Crippen LogP contribution in [0.2, 0.25) is 0 Å². The van der Waals surface area contributed by atoms with Crippen LogP contribution in [0.25, 0.3) is 11.0 Å². The van der Waals surface area contributed by atoms with Gasteiger partial charge in [-0.05, 0) is 36.6 Å². The zero-order valence-electron chi connectivity index (χ0n) is 16.5. The third-order valence-corrected chi connectivity index (χ3v) is 4.40. The van der Waals surface area contributed by atoms with Gasteiger partial charge in [0.2, 0.25) is 5.91 Å². The lowest BCUT2D eigenvalue weighted by atomic mass is 10.1. The number of imidazole rings is 1. The molecule has 2 aromatic carbocycles. The maximum Gasteiger partial charge on any atom is 0.227 e. The number of nitrogens with one attached hydrogen (secondary N) is 1. The highest BCUT2D eigenvalue weighted by atomic mass is 16.5. The molecule has 1 heterocycles. The largest absolute Gasteiger partial charge is 0.493 e. The van der Waals surface area contributed by atoms with Crippen LogP contribution >= 0.6 is 0 Å². The van der Waals surface area contributed by atoms with Crippen LogP contribution in [-0.4, -0.2) is 34.4 Å². The van der Waals surface area contributed by atoms with Crippen molar-refractivity contribution in [1.82, 2.24) is 14.9 Å². The van der Waals surface area contributed by atoms with Crippen molar-refractivity contribution in [2.45, 2.75) is 33.7 Å². The second-order valence-corrected chi connectivity index (χ2v) is 7.41. The predicted octanol–water partition coefficient (Wildman–Crippen LogP) is 4.11. The van der Waals surface area contributed by atoms with Crippen molar-refractivity contribution >= 4 is 16.9 Å². The van der Waals surface area contributed by atoms with Crippen molar-refractivity contribution in [3.05, 3.63) is 59.4 Å². The summed E-state index contributed by atoms with van der Waals surface area (Å²) in [6.07, 6.45) is 0.361. The highest BCUT2D eigenvalue weighted by molar-refractivity contribution is 5.81. The van der Waals surface area contributed by atoms with E-state index in [-0.39, 0.29) is 5.91 Å². The van der Waals surface area contributed by atoms with E-state index in [9.17, 15) is 4.79 Å². The van der Waals surface area contributed by atoms with Gasteiger partial charge in [0.15, 0.2) is 0 Å². The molecule has 5 nitrogen and oxygen atoms in total. The van der Waals surface area contributed by atoms with Crippen LogP contribution in [0.4, 0.5) is 0 Å². The van der Waals surface area contributed by atoms with Gasteiger partial charge in [0.05, 0.1) is 24.1 Å². The second kappa shape index (κ2) is 8.25. The van der Waals surface area contributed by atoms with Crippen LogP contribution in [0.15, 0.2) is 42.5 Å². The van der Waals surface area contributed by atoms with Gasteiger partial charge < -0.3 is 14.6 Å². The fourth-order valence-corrected chi connectivity index (χ4v) is 2.98. The summed E-state index contributed by atoms with van der Waals surface area (Å²) < 4.78 is 5.90. The Hall–Kier alpha value is -2.82. The molecule has 0 saturated heterocycles. The van der Waals surface area contributed by atoms with Crippen LogP contribution in [0, 0.1) is 12.8 Å². The van der Waals surface area contributed by atoms with Crippen LogP contribution in [0.3, 0.4) is 0 Å². The molecule has 0 aliphatic carbocycles. The summed E-state index contributed by atoms with van der Waals surface area (Å²) in [4.78, 5) is 22.1. The fourth-order valence-electron chi connectivity index (χ4n) is 2.98. The summed E-state index contributed by atoms with van der Waals surface area (Å²) >= 11 is 0. The number of para-hydroxylation sites is 1. The quantitative estimate of drug-likeness (QED) is 0.685. The van der Waals surface area contributed by atoms with Crippen molar-refractivity contribution in [3.8, 4) is 5.75 Å². The standard InChI is InChI=1S/C22H27N3O2/c1-15(2)14-27-21-8-6-5-7-18(21)13-25(4)22(26)12-17-9-10-19-20(11-17)24-16(3)23-19/h5-11,15H,12-14H2,1-4H3,(H,23,24). The molecule has 142 valence electrons. The van der Waals surface area contributed by atoms with E-state index in [1.54, 1.807) is 4.90 Å². The van der Waals surface area contributed by atoms with Gasteiger partial charge in [-0.1, -0.05) is 38.1 Å². The Kier molecular flexibility index (Phi) is 5.79. The maximum absolute atomic E-state index is 12.7. The number of nitrogens with zero attached hydrogens (tertiary/aromatic N) is 2. The summed E-state index contributed by atoms with van der Waals surface area (Å²) in [7, 11) is 1.83. The Morgan fingerprint density at radius 3 is 2.78 bits per heavy atom. The molecule has 27 heavy (non-hydrogen) atoms. The lowest BCUT2D eigenvalue weighted by Crippen LogP contribution is -2.28. The number of aromatic nitrogens is 2. The molecule has 0 bridgehead atoms. The van der Waals surface area contributed by atoms with Gasteiger partial charge in [-0.15, -0.1) is 0 Å². The number of H-pyrrole nitrogens is 1. The zero-order valence-corrected chi connectivity index (χ0v) is 16.5. The molecule has 0 unspecified atom stereocenters. The molecule has 5 heteroatoms. The van der Waals surface area contributed by atoms with Crippen LogP contribution in [0.1, 0.15) is 30.8 Å². The molecular weight excluding hydrogens is 338 g/mol. The van der Waals surface area contributed by atoms with E-state index in [1.807, 2.05) is 56.4 Å². The van der Waals surface area contributed by atoms with E-state index < -0.39 is 0 Å². The van der Waals surface area contributed by atoms with E-state index in [2.05, 4.69) is 23.8 Å².